The number of hydrogen-bond donors (Lipinski definition) is 2. The summed E-state index contributed by atoms with van der Waals surface area (Å²) in [6, 6.07) is 5.72. The molecule has 0 aromatic heterocycles. The molecule has 0 aliphatic carbocycles. The fourth-order valence-corrected chi connectivity index (χ4v) is 2.39. The van der Waals surface area contributed by atoms with Crippen molar-refractivity contribution in [2.24, 2.45) is 5.92 Å². The van der Waals surface area contributed by atoms with Crippen LogP contribution in [0, 0.1) is 12.8 Å². The van der Waals surface area contributed by atoms with E-state index in [1.807, 2.05) is 25.1 Å². The van der Waals surface area contributed by atoms with Gasteiger partial charge in [-0.25, -0.2) is 0 Å². The minimum absolute atomic E-state index is 0.383. The van der Waals surface area contributed by atoms with Crippen molar-refractivity contribution in [3.63, 3.8) is 0 Å². The SMILES string of the molecule is Cc1ccc(Cl)cc1N1CCNCC(C(=O)O)C1. The second-order valence-electron chi connectivity index (χ2n) is 4.62. The van der Waals surface area contributed by atoms with Gasteiger partial charge < -0.3 is 15.3 Å². The van der Waals surface area contributed by atoms with Crippen molar-refractivity contribution in [3.8, 4) is 0 Å². The number of anilines is 1. The Labute approximate surface area is 112 Å². The van der Waals surface area contributed by atoms with Gasteiger partial charge in [0.1, 0.15) is 0 Å². The van der Waals surface area contributed by atoms with Crippen LogP contribution in [0.2, 0.25) is 5.02 Å². The average Bonchev–Trinajstić information content (AvgIpc) is 2.58. The Kier molecular flexibility index (Phi) is 4.09. The first-order chi connectivity index (χ1) is 8.58. The number of rotatable bonds is 2. The maximum atomic E-state index is 11.1. The van der Waals surface area contributed by atoms with Gasteiger partial charge in [-0.3, -0.25) is 4.79 Å². The van der Waals surface area contributed by atoms with E-state index in [2.05, 4.69) is 10.2 Å². The molecule has 98 valence electrons. The molecular weight excluding hydrogens is 252 g/mol. The van der Waals surface area contributed by atoms with Gasteiger partial charge in [0.15, 0.2) is 0 Å². The first-order valence-corrected chi connectivity index (χ1v) is 6.40. The van der Waals surface area contributed by atoms with Gasteiger partial charge in [0.2, 0.25) is 0 Å². The minimum atomic E-state index is -0.755. The van der Waals surface area contributed by atoms with Crippen molar-refractivity contribution in [1.29, 1.82) is 0 Å². The summed E-state index contributed by atoms with van der Waals surface area (Å²) in [5.74, 6) is -1.14. The van der Waals surface area contributed by atoms with E-state index in [0.29, 0.717) is 18.1 Å². The topological polar surface area (TPSA) is 52.6 Å². The van der Waals surface area contributed by atoms with Crippen LogP contribution in [-0.2, 0) is 4.79 Å². The van der Waals surface area contributed by atoms with Crippen LogP contribution in [0.4, 0.5) is 5.69 Å². The molecule has 0 bridgehead atoms. The molecule has 2 N–H and O–H groups in total. The van der Waals surface area contributed by atoms with Crippen LogP contribution in [0.5, 0.6) is 0 Å². The van der Waals surface area contributed by atoms with E-state index in [9.17, 15) is 4.79 Å². The minimum Gasteiger partial charge on any atom is -0.481 e. The van der Waals surface area contributed by atoms with E-state index in [1.54, 1.807) is 0 Å². The van der Waals surface area contributed by atoms with Crippen LogP contribution in [0.15, 0.2) is 18.2 Å². The number of halogens is 1. The summed E-state index contributed by atoms with van der Waals surface area (Å²) < 4.78 is 0. The van der Waals surface area contributed by atoms with Crippen LogP contribution < -0.4 is 10.2 Å². The molecule has 1 aliphatic rings. The number of aryl methyl sites for hydroxylation is 1. The molecule has 18 heavy (non-hydrogen) atoms. The molecule has 2 rings (SSSR count). The van der Waals surface area contributed by atoms with Gasteiger partial charge in [0, 0.05) is 36.9 Å². The summed E-state index contributed by atoms with van der Waals surface area (Å²) in [6.07, 6.45) is 0. The van der Waals surface area contributed by atoms with Crippen LogP contribution >= 0.6 is 11.6 Å². The summed E-state index contributed by atoms with van der Waals surface area (Å²) >= 11 is 6.02. The number of carbonyl (C=O) groups is 1. The highest BCUT2D eigenvalue weighted by molar-refractivity contribution is 6.30. The third-order valence-corrected chi connectivity index (χ3v) is 3.49. The first kappa shape index (κ1) is 13.2. The van der Waals surface area contributed by atoms with Crippen molar-refractivity contribution in [2.75, 3.05) is 31.1 Å². The molecule has 1 aromatic carbocycles. The lowest BCUT2D eigenvalue weighted by molar-refractivity contribution is -0.141. The largest absolute Gasteiger partial charge is 0.481 e. The molecule has 1 aromatic rings. The van der Waals surface area contributed by atoms with Crippen LogP contribution in [0.1, 0.15) is 5.56 Å². The molecule has 1 unspecified atom stereocenters. The lowest BCUT2D eigenvalue weighted by Crippen LogP contribution is -2.34. The second kappa shape index (κ2) is 5.59. The van der Waals surface area contributed by atoms with E-state index in [0.717, 1.165) is 24.3 Å². The van der Waals surface area contributed by atoms with Crippen molar-refractivity contribution >= 4 is 23.3 Å². The predicted octanol–water partition coefficient (Wildman–Crippen LogP) is 1.76. The van der Waals surface area contributed by atoms with Crippen molar-refractivity contribution in [3.05, 3.63) is 28.8 Å². The zero-order valence-corrected chi connectivity index (χ0v) is 11.1. The van der Waals surface area contributed by atoms with Crippen LogP contribution in [0.25, 0.3) is 0 Å². The van der Waals surface area contributed by atoms with Gasteiger partial charge in [-0.15, -0.1) is 0 Å². The van der Waals surface area contributed by atoms with E-state index >= 15 is 0 Å². The molecule has 0 radical (unpaired) electrons. The molecule has 5 heteroatoms. The van der Waals surface area contributed by atoms with Crippen molar-refractivity contribution in [2.45, 2.75) is 6.92 Å². The van der Waals surface area contributed by atoms with Gasteiger partial charge in [0.25, 0.3) is 0 Å². The van der Waals surface area contributed by atoms with Crippen molar-refractivity contribution in [1.82, 2.24) is 5.32 Å². The van der Waals surface area contributed by atoms with Crippen LogP contribution in [-0.4, -0.2) is 37.3 Å². The maximum Gasteiger partial charge on any atom is 0.309 e. The smallest absolute Gasteiger partial charge is 0.309 e. The normalized spacial score (nSPS) is 20.6. The zero-order valence-electron chi connectivity index (χ0n) is 10.3. The Morgan fingerprint density at radius 1 is 1.56 bits per heavy atom. The third kappa shape index (κ3) is 2.94. The Balaban J connectivity index is 2.25. The summed E-state index contributed by atoms with van der Waals surface area (Å²) in [5.41, 5.74) is 2.14. The fraction of sp³-hybridized carbons (Fsp3) is 0.462. The number of carboxylic acids is 1. The lowest BCUT2D eigenvalue weighted by Gasteiger charge is -2.26. The number of nitrogens with zero attached hydrogens (tertiary/aromatic N) is 1. The second-order valence-corrected chi connectivity index (χ2v) is 5.05. The van der Waals surface area contributed by atoms with Gasteiger partial charge in [0.05, 0.1) is 5.92 Å². The predicted molar refractivity (Wildman–Crippen MR) is 72.4 cm³/mol. The van der Waals surface area contributed by atoms with Gasteiger partial charge in [-0.2, -0.15) is 0 Å². The number of carboxylic acid groups (broad SMARTS) is 1. The quantitative estimate of drug-likeness (QED) is 0.858. The van der Waals surface area contributed by atoms with E-state index in [-0.39, 0.29) is 5.92 Å². The molecule has 1 saturated heterocycles. The average molecular weight is 269 g/mol. The highest BCUT2D eigenvalue weighted by Crippen LogP contribution is 2.25. The zero-order chi connectivity index (χ0) is 13.1. The van der Waals surface area contributed by atoms with Gasteiger partial charge in [-0.1, -0.05) is 17.7 Å². The Hall–Kier alpha value is -1.26. The molecule has 0 saturated carbocycles. The summed E-state index contributed by atoms with van der Waals surface area (Å²) in [4.78, 5) is 13.2. The van der Waals surface area contributed by atoms with Gasteiger partial charge in [-0.05, 0) is 24.6 Å². The Morgan fingerprint density at radius 3 is 3.06 bits per heavy atom. The van der Waals surface area contributed by atoms with E-state index in [1.165, 1.54) is 0 Å². The summed E-state index contributed by atoms with van der Waals surface area (Å²) in [5, 5.41) is 13.0. The molecular formula is C13H17ClN2O2. The van der Waals surface area contributed by atoms with Crippen molar-refractivity contribution < 1.29 is 9.90 Å². The number of nitrogens with one attached hydrogen (secondary N) is 1. The molecule has 1 heterocycles. The highest BCUT2D eigenvalue weighted by Gasteiger charge is 2.24. The third-order valence-electron chi connectivity index (χ3n) is 3.25. The molecule has 1 atom stereocenters. The monoisotopic (exact) mass is 268 g/mol. The fourth-order valence-electron chi connectivity index (χ4n) is 2.22. The molecule has 0 spiro atoms. The molecule has 1 aliphatic heterocycles. The molecule has 1 fully saturated rings. The lowest BCUT2D eigenvalue weighted by atomic mass is 10.1. The summed E-state index contributed by atoms with van der Waals surface area (Å²) in [7, 11) is 0. The summed E-state index contributed by atoms with van der Waals surface area (Å²) in [6.45, 7) is 4.63. The van der Waals surface area contributed by atoms with E-state index in [4.69, 9.17) is 16.7 Å². The van der Waals surface area contributed by atoms with Gasteiger partial charge >= 0.3 is 5.97 Å². The number of benzene rings is 1. The maximum absolute atomic E-state index is 11.1. The Bertz CT molecular complexity index is 451. The number of aliphatic carboxylic acids is 1. The number of hydrogen-bond acceptors (Lipinski definition) is 3. The molecule has 0 amide bonds. The standard InChI is InChI=1S/C13H17ClN2O2/c1-9-2-3-11(14)6-12(9)16-5-4-15-7-10(8-16)13(17)18/h2-3,6,10,15H,4-5,7-8H2,1H3,(H,17,18). The van der Waals surface area contributed by atoms with E-state index < -0.39 is 5.97 Å². The first-order valence-electron chi connectivity index (χ1n) is 6.02. The Morgan fingerprint density at radius 2 is 2.33 bits per heavy atom. The molecule has 4 nitrogen and oxygen atoms in total. The van der Waals surface area contributed by atoms with Crippen LogP contribution in [0.3, 0.4) is 0 Å². The highest BCUT2D eigenvalue weighted by atomic mass is 35.5.